The number of aryl methyl sites for hydroxylation is 1. The fourth-order valence-corrected chi connectivity index (χ4v) is 1.93. The Kier molecular flexibility index (Phi) is 5.17. The van der Waals surface area contributed by atoms with E-state index in [2.05, 4.69) is 32.9 Å². The molecule has 0 saturated heterocycles. The molecule has 0 aliphatic heterocycles. The van der Waals surface area contributed by atoms with E-state index in [0.717, 1.165) is 31.2 Å². The number of hydrogen-bond donors (Lipinski definition) is 2. The fraction of sp³-hybridized carbons (Fsp3) is 0.333. The molecule has 106 valence electrons. The van der Waals surface area contributed by atoms with Gasteiger partial charge in [-0.3, -0.25) is 9.98 Å². The molecule has 2 aromatic rings. The van der Waals surface area contributed by atoms with Crippen LogP contribution in [-0.2, 0) is 20.0 Å². The molecule has 0 amide bonds. The van der Waals surface area contributed by atoms with Gasteiger partial charge in [-0.1, -0.05) is 6.07 Å². The van der Waals surface area contributed by atoms with Crippen molar-refractivity contribution < 1.29 is 0 Å². The molecule has 2 heterocycles. The van der Waals surface area contributed by atoms with E-state index < -0.39 is 0 Å². The largest absolute Gasteiger partial charge is 0.357 e. The van der Waals surface area contributed by atoms with Crippen LogP contribution in [0.25, 0.3) is 0 Å². The van der Waals surface area contributed by atoms with Gasteiger partial charge in [0, 0.05) is 57.9 Å². The molecule has 5 nitrogen and oxygen atoms in total. The smallest absolute Gasteiger partial charge is 0.191 e. The third kappa shape index (κ3) is 4.42. The minimum Gasteiger partial charge on any atom is -0.357 e. The van der Waals surface area contributed by atoms with Gasteiger partial charge in [-0.2, -0.15) is 0 Å². The summed E-state index contributed by atoms with van der Waals surface area (Å²) in [5.74, 6) is 0.810. The van der Waals surface area contributed by atoms with Crippen molar-refractivity contribution >= 4 is 5.96 Å². The molecule has 0 aliphatic carbocycles. The highest BCUT2D eigenvalue weighted by Gasteiger charge is 1.99. The fourth-order valence-electron chi connectivity index (χ4n) is 1.93. The highest BCUT2D eigenvalue weighted by atomic mass is 15.2. The average molecular weight is 271 g/mol. The molecule has 2 aromatic heterocycles. The topological polar surface area (TPSA) is 54.2 Å². The zero-order valence-corrected chi connectivity index (χ0v) is 12.0. The maximum Gasteiger partial charge on any atom is 0.191 e. The van der Waals surface area contributed by atoms with E-state index in [1.165, 1.54) is 5.56 Å². The van der Waals surface area contributed by atoms with Crippen LogP contribution in [0.3, 0.4) is 0 Å². The van der Waals surface area contributed by atoms with Crippen molar-refractivity contribution in [3.63, 3.8) is 0 Å². The number of nitrogens with one attached hydrogen (secondary N) is 2. The third-order valence-electron chi connectivity index (χ3n) is 2.98. The second kappa shape index (κ2) is 7.33. The number of aliphatic imine (C=N–C) groups is 1. The van der Waals surface area contributed by atoms with E-state index in [1.54, 1.807) is 7.05 Å². The van der Waals surface area contributed by atoms with Crippen LogP contribution in [0.15, 0.2) is 47.8 Å². The maximum atomic E-state index is 4.29. The Hall–Kier alpha value is -2.30. The molecule has 5 heteroatoms. The zero-order chi connectivity index (χ0) is 14.2. The normalized spacial score (nSPS) is 11.4. The van der Waals surface area contributed by atoms with Crippen LogP contribution in [0.4, 0.5) is 0 Å². The monoisotopic (exact) mass is 271 g/mol. The quantitative estimate of drug-likeness (QED) is 0.637. The number of rotatable bonds is 5. The molecule has 0 fully saturated rings. The second-order valence-electron chi connectivity index (χ2n) is 4.61. The summed E-state index contributed by atoms with van der Waals surface area (Å²) in [6, 6.07) is 8.05. The van der Waals surface area contributed by atoms with Crippen molar-refractivity contribution in [2.75, 3.05) is 13.6 Å². The lowest BCUT2D eigenvalue weighted by Crippen LogP contribution is -2.37. The van der Waals surface area contributed by atoms with Crippen LogP contribution >= 0.6 is 0 Å². The van der Waals surface area contributed by atoms with E-state index in [9.17, 15) is 0 Å². The van der Waals surface area contributed by atoms with Crippen molar-refractivity contribution in [3.05, 3.63) is 54.1 Å². The number of pyridine rings is 1. The van der Waals surface area contributed by atoms with E-state index in [-0.39, 0.29) is 0 Å². The number of hydrogen-bond acceptors (Lipinski definition) is 2. The van der Waals surface area contributed by atoms with Gasteiger partial charge >= 0.3 is 0 Å². The van der Waals surface area contributed by atoms with Crippen LogP contribution in [0.1, 0.15) is 11.3 Å². The highest BCUT2D eigenvalue weighted by Crippen LogP contribution is 1.98. The van der Waals surface area contributed by atoms with Crippen LogP contribution in [0.2, 0.25) is 0 Å². The predicted molar refractivity (Wildman–Crippen MR) is 81.6 cm³/mol. The summed E-state index contributed by atoms with van der Waals surface area (Å²) >= 11 is 0. The van der Waals surface area contributed by atoms with Gasteiger partial charge < -0.3 is 15.2 Å². The van der Waals surface area contributed by atoms with Crippen molar-refractivity contribution in [3.8, 4) is 0 Å². The van der Waals surface area contributed by atoms with E-state index in [0.29, 0.717) is 0 Å². The summed E-state index contributed by atoms with van der Waals surface area (Å²) in [4.78, 5) is 8.50. The molecule has 0 spiro atoms. The molecule has 0 aliphatic rings. The first-order valence-electron chi connectivity index (χ1n) is 6.73. The van der Waals surface area contributed by atoms with Gasteiger partial charge in [-0.05, 0) is 23.8 Å². The zero-order valence-electron chi connectivity index (χ0n) is 12.0. The minimum atomic E-state index is 0.768. The maximum absolute atomic E-state index is 4.29. The summed E-state index contributed by atoms with van der Waals surface area (Å²) in [5.41, 5.74) is 2.32. The Labute approximate surface area is 119 Å². The predicted octanol–water partition coefficient (Wildman–Crippen LogP) is 1.33. The van der Waals surface area contributed by atoms with Crippen molar-refractivity contribution in [1.29, 1.82) is 0 Å². The molecular weight excluding hydrogens is 250 g/mol. The average Bonchev–Trinajstić information content (AvgIpc) is 2.89. The SMILES string of the molecule is CN=C(NCCc1ccccn1)NCc1ccn(C)c1. The molecule has 0 radical (unpaired) electrons. The lowest BCUT2D eigenvalue weighted by Gasteiger charge is -2.11. The lowest BCUT2D eigenvalue weighted by atomic mass is 10.3. The van der Waals surface area contributed by atoms with E-state index >= 15 is 0 Å². The van der Waals surface area contributed by atoms with Gasteiger partial charge in [0.15, 0.2) is 5.96 Å². The number of guanidine groups is 1. The Bertz CT molecular complexity index is 544. The van der Waals surface area contributed by atoms with Gasteiger partial charge in [0.1, 0.15) is 0 Å². The van der Waals surface area contributed by atoms with Crippen LogP contribution in [0.5, 0.6) is 0 Å². The molecule has 20 heavy (non-hydrogen) atoms. The Morgan fingerprint density at radius 2 is 2.20 bits per heavy atom. The molecule has 0 atom stereocenters. The van der Waals surface area contributed by atoms with Crippen LogP contribution < -0.4 is 10.6 Å². The van der Waals surface area contributed by atoms with Crippen molar-refractivity contribution in [2.45, 2.75) is 13.0 Å². The summed E-state index contributed by atoms with van der Waals surface area (Å²) in [6.45, 7) is 1.58. The number of nitrogens with zero attached hydrogens (tertiary/aromatic N) is 3. The lowest BCUT2D eigenvalue weighted by molar-refractivity contribution is 0.783. The second-order valence-corrected chi connectivity index (χ2v) is 4.61. The molecular formula is C15H21N5. The van der Waals surface area contributed by atoms with E-state index in [4.69, 9.17) is 0 Å². The third-order valence-corrected chi connectivity index (χ3v) is 2.98. The Balaban J connectivity index is 1.73. The first-order valence-corrected chi connectivity index (χ1v) is 6.73. The van der Waals surface area contributed by atoms with Gasteiger partial charge in [0.05, 0.1) is 0 Å². The minimum absolute atomic E-state index is 0.768. The standard InChI is InChI=1S/C15H21N5/c1-16-15(19-11-13-7-10-20(2)12-13)18-9-6-14-5-3-4-8-17-14/h3-5,7-8,10,12H,6,9,11H2,1-2H3,(H2,16,18,19). The highest BCUT2D eigenvalue weighted by molar-refractivity contribution is 5.79. The van der Waals surface area contributed by atoms with Gasteiger partial charge in [0.2, 0.25) is 0 Å². The van der Waals surface area contributed by atoms with E-state index in [1.807, 2.05) is 42.2 Å². The van der Waals surface area contributed by atoms with Crippen molar-refractivity contribution in [2.24, 2.45) is 12.0 Å². The Morgan fingerprint density at radius 1 is 1.30 bits per heavy atom. The summed E-state index contributed by atoms with van der Waals surface area (Å²) in [7, 11) is 3.80. The summed E-state index contributed by atoms with van der Waals surface area (Å²) in [6.07, 6.45) is 6.83. The van der Waals surface area contributed by atoms with Crippen molar-refractivity contribution in [1.82, 2.24) is 20.2 Å². The summed E-state index contributed by atoms with van der Waals surface area (Å²) < 4.78 is 2.04. The molecule has 2 rings (SSSR count). The molecule has 0 unspecified atom stereocenters. The first kappa shape index (κ1) is 14.1. The van der Waals surface area contributed by atoms with Crippen LogP contribution in [-0.4, -0.2) is 29.1 Å². The van der Waals surface area contributed by atoms with Gasteiger partial charge in [-0.25, -0.2) is 0 Å². The molecule has 0 aromatic carbocycles. The van der Waals surface area contributed by atoms with Gasteiger partial charge in [0.25, 0.3) is 0 Å². The molecule has 0 bridgehead atoms. The Morgan fingerprint density at radius 3 is 2.85 bits per heavy atom. The number of aromatic nitrogens is 2. The molecule has 2 N–H and O–H groups in total. The van der Waals surface area contributed by atoms with Gasteiger partial charge in [-0.15, -0.1) is 0 Å². The first-order chi connectivity index (χ1) is 9.78. The molecule has 0 saturated carbocycles. The van der Waals surface area contributed by atoms with Crippen LogP contribution in [0, 0.1) is 0 Å². The summed E-state index contributed by atoms with van der Waals surface area (Å²) in [5, 5.41) is 6.58.